The lowest BCUT2D eigenvalue weighted by Gasteiger charge is -2.17. The van der Waals surface area contributed by atoms with Crippen molar-refractivity contribution in [2.24, 2.45) is 11.8 Å². The molecule has 2 aliphatic rings. The molecule has 0 nitrogen and oxygen atoms in total. The lowest BCUT2D eigenvalue weighted by atomic mass is 9.88. The van der Waals surface area contributed by atoms with Gasteiger partial charge in [-0.25, -0.2) is 0 Å². The summed E-state index contributed by atoms with van der Waals surface area (Å²) in [7, 11) is 0. The lowest BCUT2D eigenvalue weighted by molar-refractivity contribution is 0.538. The third-order valence-electron chi connectivity index (χ3n) is 4.06. The Morgan fingerprint density at radius 2 is 2.20 bits per heavy atom. The first kappa shape index (κ1) is 11.0. The molecule has 0 heterocycles. The van der Waals surface area contributed by atoms with Gasteiger partial charge in [0.1, 0.15) is 0 Å². The second kappa shape index (κ2) is 5.53. The molecule has 2 unspecified atom stereocenters. The Labute approximate surface area is 94.5 Å². The fraction of sp³-hybridized carbons (Fsp3) is 0.733. The zero-order valence-corrected chi connectivity index (χ0v) is 10.0. The number of unbranched alkanes of at least 4 members (excludes halogenated alkanes) is 1. The first-order valence-corrected chi connectivity index (χ1v) is 6.78. The summed E-state index contributed by atoms with van der Waals surface area (Å²) in [6.45, 7) is 2.30. The zero-order valence-electron chi connectivity index (χ0n) is 10.0. The van der Waals surface area contributed by atoms with Gasteiger partial charge in [0.2, 0.25) is 0 Å². The third kappa shape index (κ3) is 2.74. The van der Waals surface area contributed by atoms with Gasteiger partial charge in [0, 0.05) is 0 Å². The second-order valence-electron chi connectivity index (χ2n) is 5.14. The topological polar surface area (TPSA) is 0 Å². The van der Waals surface area contributed by atoms with Crippen LogP contribution in [0.15, 0.2) is 23.8 Å². The minimum Gasteiger partial charge on any atom is -0.0845 e. The molecule has 0 saturated heterocycles. The highest BCUT2D eigenvalue weighted by Crippen LogP contribution is 2.42. The Morgan fingerprint density at radius 1 is 1.27 bits per heavy atom. The number of fused-ring (bicyclic) bond motifs is 1. The number of rotatable bonds is 3. The molecular weight excluding hydrogens is 180 g/mol. The van der Waals surface area contributed by atoms with Crippen molar-refractivity contribution in [1.82, 2.24) is 0 Å². The van der Waals surface area contributed by atoms with Crippen LogP contribution in [-0.4, -0.2) is 0 Å². The molecule has 0 aromatic rings. The van der Waals surface area contributed by atoms with Crippen LogP contribution >= 0.6 is 0 Å². The molecule has 0 aliphatic heterocycles. The summed E-state index contributed by atoms with van der Waals surface area (Å²) in [5, 5.41) is 0. The molecule has 2 rings (SSSR count). The normalized spacial score (nSPS) is 30.6. The largest absolute Gasteiger partial charge is 0.0845 e. The van der Waals surface area contributed by atoms with Crippen LogP contribution in [0.5, 0.6) is 0 Å². The van der Waals surface area contributed by atoms with E-state index in [1.807, 2.05) is 0 Å². The van der Waals surface area contributed by atoms with E-state index in [9.17, 15) is 0 Å². The zero-order chi connectivity index (χ0) is 10.5. The SMILES string of the molecule is CCCCC1CCC2CCCC=CC=C12. The van der Waals surface area contributed by atoms with Crippen LogP contribution in [0.3, 0.4) is 0 Å². The van der Waals surface area contributed by atoms with Gasteiger partial charge in [-0.05, 0) is 50.4 Å². The summed E-state index contributed by atoms with van der Waals surface area (Å²) in [4.78, 5) is 0. The maximum atomic E-state index is 2.44. The summed E-state index contributed by atoms with van der Waals surface area (Å²) in [5.74, 6) is 1.87. The van der Waals surface area contributed by atoms with Gasteiger partial charge in [0.15, 0.2) is 0 Å². The van der Waals surface area contributed by atoms with E-state index in [0.717, 1.165) is 11.8 Å². The Hall–Kier alpha value is -0.520. The van der Waals surface area contributed by atoms with Crippen LogP contribution in [-0.2, 0) is 0 Å². The van der Waals surface area contributed by atoms with Gasteiger partial charge in [0.05, 0.1) is 0 Å². The molecule has 0 spiro atoms. The minimum atomic E-state index is 0.928. The van der Waals surface area contributed by atoms with E-state index < -0.39 is 0 Å². The predicted molar refractivity (Wildman–Crippen MR) is 66.8 cm³/mol. The molecule has 1 fully saturated rings. The van der Waals surface area contributed by atoms with Crippen LogP contribution in [0.2, 0.25) is 0 Å². The van der Waals surface area contributed by atoms with Crippen molar-refractivity contribution in [2.75, 3.05) is 0 Å². The van der Waals surface area contributed by atoms with Gasteiger partial charge in [-0.1, -0.05) is 43.6 Å². The number of allylic oxidation sites excluding steroid dienone is 4. The van der Waals surface area contributed by atoms with Crippen molar-refractivity contribution >= 4 is 0 Å². The number of hydrogen-bond donors (Lipinski definition) is 0. The molecule has 0 N–H and O–H groups in total. The molecule has 0 bridgehead atoms. The summed E-state index contributed by atoms with van der Waals surface area (Å²) >= 11 is 0. The van der Waals surface area contributed by atoms with E-state index in [0.29, 0.717) is 0 Å². The summed E-state index contributed by atoms with van der Waals surface area (Å²) < 4.78 is 0. The van der Waals surface area contributed by atoms with Crippen LogP contribution in [0.4, 0.5) is 0 Å². The molecular formula is C15H24. The monoisotopic (exact) mass is 204 g/mol. The molecule has 0 heteroatoms. The van der Waals surface area contributed by atoms with E-state index >= 15 is 0 Å². The van der Waals surface area contributed by atoms with Gasteiger partial charge in [-0.15, -0.1) is 0 Å². The van der Waals surface area contributed by atoms with Crippen LogP contribution in [0, 0.1) is 11.8 Å². The second-order valence-corrected chi connectivity index (χ2v) is 5.14. The minimum absolute atomic E-state index is 0.928. The Balaban J connectivity index is 2.02. The fourth-order valence-corrected chi connectivity index (χ4v) is 3.17. The van der Waals surface area contributed by atoms with E-state index in [1.54, 1.807) is 5.57 Å². The van der Waals surface area contributed by atoms with Crippen molar-refractivity contribution in [3.05, 3.63) is 23.8 Å². The highest BCUT2D eigenvalue weighted by Gasteiger charge is 2.28. The Morgan fingerprint density at radius 3 is 3.07 bits per heavy atom. The van der Waals surface area contributed by atoms with Crippen LogP contribution in [0.25, 0.3) is 0 Å². The smallest absolute Gasteiger partial charge is 0.0197 e. The maximum absolute atomic E-state index is 2.44. The molecule has 0 aromatic heterocycles. The van der Waals surface area contributed by atoms with Gasteiger partial charge in [-0.3, -0.25) is 0 Å². The fourth-order valence-electron chi connectivity index (χ4n) is 3.17. The molecule has 1 saturated carbocycles. The average Bonchev–Trinajstić information content (AvgIpc) is 2.57. The molecule has 0 radical (unpaired) electrons. The van der Waals surface area contributed by atoms with E-state index in [4.69, 9.17) is 0 Å². The molecule has 0 amide bonds. The van der Waals surface area contributed by atoms with E-state index in [1.165, 1.54) is 51.4 Å². The Kier molecular flexibility index (Phi) is 4.05. The third-order valence-corrected chi connectivity index (χ3v) is 4.06. The quantitative estimate of drug-likeness (QED) is 0.615. The average molecular weight is 204 g/mol. The van der Waals surface area contributed by atoms with Crippen molar-refractivity contribution in [3.8, 4) is 0 Å². The summed E-state index contributed by atoms with van der Waals surface area (Å²) in [5.41, 5.74) is 1.79. The summed E-state index contributed by atoms with van der Waals surface area (Å²) in [6, 6.07) is 0. The van der Waals surface area contributed by atoms with E-state index in [-0.39, 0.29) is 0 Å². The number of hydrogen-bond acceptors (Lipinski definition) is 0. The van der Waals surface area contributed by atoms with Crippen molar-refractivity contribution in [2.45, 2.75) is 58.3 Å². The Bertz CT molecular complexity index is 247. The van der Waals surface area contributed by atoms with Gasteiger partial charge in [0.25, 0.3) is 0 Å². The first-order chi connectivity index (χ1) is 7.42. The predicted octanol–water partition coefficient (Wildman–Crippen LogP) is 4.87. The first-order valence-electron chi connectivity index (χ1n) is 6.78. The van der Waals surface area contributed by atoms with Crippen LogP contribution in [0.1, 0.15) is 58.3 Å². The molecule has 2 atom stereocenters. The highest BCUT2D eigenvalue weighted by molar-refractivity contribution is 5.22. The summed E-state index contributed by atoms with van der Waals surface area (Å²) in [6.07, 6.45) is 18.4. The molecule has 15 heavy (non-hydrogen) atoms. The van der Waals surface area contributed by atoms with Gasteiger partial charge in [-0.2, -0.15) is 0 Å². The maximum Gasteiger partial charge on any atom is -0.0197 e. The van der Waals surface area contributed by atoms with Crippen molar-refractivity contribution in [1.29, 1.82) is 0 Å². The molecule has 0 aromatic carbocycles. The van der Waals surface area contributed by atoms with Crippen molar-refractivity contribution in [3.63, 3.8) is 0 Å². The van der Waals surface area contributed by atoms with Gasteiger partial charge >= 0.3 is 0 Å². The molecule has 2 aliphatic carbocycles. The van der Waals surface area contributed by atoms with Gasteiger partial charge < -0.3 is 0 Å². The van der Waals surface area contributed by atoms with E-state index in [2.05, 4.69) is 25.2 Å². The van der Waals surface area contributed by atoms with Crippen molar-refractivity contribution < 1.29 is 0 Å². The molecule has 84 valence electrons. The van der Waals surface area contributed by atoms with Crippen LogP contribution < -0.4 is 0 Å². The lowest BCUT2D eigenvalue weighted by Crippen LogP contribution is -2.04. The standard InChI is InChI=1S/C15H24/c1-2-3-8-13-11-12-14-9-6-4-5-7-10-15(13)14/h5,7,10,13-14H,2-4,6,8-9,11-12H2,1H3. The highest BCUT2D eigenvalue weighted by atomic mass is 14.3.